The summed E-state index contributed by atoms with van der Waals surface area (Å²) in [5, 5.41) is 5.35. The van der Waals surface area contributed by atoms with Crippen molar-refractivity contribution in [3.8, 4) is 0 Å². The number of hydrogen-bond acceptors (Lipinski definition) is 3. The lowest BCUT2D eigenvalue weighted by atomic mass is 10.00. The quantitative estimate of drug-likeness (QED) is 0.643. The lowest BCUT2D eigenvalue weighted by molar-refractivity contribution is -0.136. The average Bonchev–Trinajstić information content (AvgIpc) is 2.66. The fourth-order valence-corrected chi connectivity index (χ4v) is 3.22. The molecule has 0 fully saturated rings. The molecule has 0 bridgehead atoms. The van der Waals surface area contributed by atoms with Crippen LogP contribution in [0, 0.1) is 6.92 Å². The molecule has 0 atom stereocenters. The van der Waals surface area contributed by atoms with Crippen LogP contribution in [-0.4, -0.2) is 36.3 Å². The molecule has 3 rings (SSSR count). The van der Waals surface area contributed by atoms with Crippen molar-refractivity contribution >= 4 is 17.5 Å². The zero-order valence-corrected chi connectivity index (χ0v) is 15.1. The molecule has 1 heterocycles. The number of rotatable bonds is 5. The van der Waals surface area contributed by atoms with Gasteiger partial charge in [0.15, 0.2) is 0 Å². The summed E-state index contributed by atoms with van der Waals surface area (Å²) in [5.74, 6) is -1.21. The van der Waals surface area contributed by atoms with E-state index in [2.05, 4.69) is 39.8 Å². The lowest BCUT2D eigenvalue weighted by Crippen LogP contribution is -2.38. The Hall–Kier alpha value is -2.66. The summed E-state index contributed by atoms with van der Waals surface area (Å²) in [4.78, 5) is 26.3. The Kier molecular flexibility index (Phi) is 6.02. The highest BCUT2D eigenvalue weighted by molar-refractivity contribution is 6.39. The van der Waals surface area contributed by atoms with Crippen molar-refractivity contribution in [2.24, 2.45) is 0 Å². The van der Waals surface area contributed by atoms with Crippen molar-refractivity contribution in [2.75, 3.05) is 25.0 Å². The van der Waals surface area contributed by atoms with E-state index in [4.69, 9.17) is 0 Å². The van der Waals surface area contributed by atoms with Gasteiger partial charge in [0.1, 0.15) is 0 Å². The molecule has 0 radical (unpaired) electrons. The Bertz CT molecular complexity index is 788. The van der Waals surface area contributed by atoms with Gasteiger partial charge in [-0.2, -0.15) is 0 Å². The number of carbonyl (C=O) groups excluding carboxylic acids is 2. The first-order valence-corrected chi connectivity index (χ1v) is 9.07. The first kappa shape index (κ1) is 18.1. The molecule has 2 aromatic rings. The summed E-state index contributed by atoms with van der Waals surface area (Å²) in [6, 6.07) is 15.9. The Morgan fingerprint density at radius 1 is 1.00 bits per heavy atom. The SMILES string of the molecule is Cc1ccccc1NC(=O)C(=O)NCCCN1CCc2ccccc2C1. The van der Waals surface area contributed by atoms with Crippen LogP contribution in [0.2, 0.25) is 0 Å². The molecule has 0 spiro atoms. The number of hydrogen-bond donors (Lipinski definition) is 2. The molecule has 136 valence electrons. The number of fused-ring (bicyclic) bond motifs is 1. The van der Waals surface area contributed by atoms with Crippen LogP contribution >= 0.6 is 0 Å². The van der Waals surface area contributed by atoms with Gasteiger partial charge in [0, 0.05) is 31.9 Å². The van der Waals surface area contributed by atoms with E-state index in [1.54, 1.807) is 6.07 Å². The Morgan fingerprint density at radius 3 is 2.54 bits per heavy atom. The van der Waals surface area contributed by atoms with Crippen LogP contribution in [0.5, 0.6) is 0 Å². The molecule has 5 heteroatoms. The third-order valence-corrected chi connectivity index (χ3v) is 4.75. The van der Waals surface area contributed by atoms with Crippen LogP contribution in [-0.2, 0) is 22.6 Å². The van der Waals surface area contributed by atoms with Crippen molar-refractivity contribution < 1.29 is 9.59 Å². The number of para-hydroxylation sites is 1. The maximum Gasteiger partial charge on any atom is 0.313 e. The second kappa shape index (κ2) is 8.63. The van der Waals surface area contributed by atoms with Crippen molar-refractivity contribution in [3.63, 3.8) is 0 Å². The fraction of sp³-hybridized carbons (Fsp3) is 0.333. The van der Waals surface area contributed by atoms with Crippen LogP contribution in [0.4, 0.5) is 5.69 Å². The van der Waals surface area contributed by atoms with Gasteiger partial charge >= 0.3 is 11.8 Å². The predicted octanol–water partition coefficient (Wildman–Crippen LogP) is 2.50. The number of aryl methyl sites for hydroxylation is 1. The highest BCUT2D eigenvalue weighted by atomic mass is 16.2. The number of anilines is 1. The van der Waals surface area contributed by atoms with Gasteiger partial charge in [-0.15, -0.1) is 0 Å². The van der Waals surface area contributed by atoms with E-state index in [0.29, 0.717) is 12.2 Å². The van der Waals surface area contributed by atoms with Gasteiger partial charge in [0.2, 0.25) is 0 Å². The zero-order chi connectivity index (χ0) is 18.4. The maximum atomic E-state index is 12.0. The molecule has 2 aromatic carbocycles. The monoisotopic (exact) mass is 351 g/mol. The number of nitrogens with zero attached hydrogens (tertiary/aromatic N) is 1. The van der Waals surface area contributed by atoms with Crippen LogP contribution in [0.3, 0.4) is 0 Å². The molecular weight excluding hydrogens is 326 g/mol. The average molecular weight is 351 g/mol. The minimum atomic E-state index is -0.619. The largest absolute Gasteiger partial charge is 0.348 e. The smallest absolute Gasteiger partial charge is 0.313 e. The van der Waals surface area contributed by atoms with E-state index in [1.165, 1.54) is 11.1 Å². The van der Waals surface area contributed by atoms with E-state index in [9.17, 15) is 9.59 Å². The third-order valence-electron chi connectivity index (χ3n) is 4.75. The highest BCUT2D eigenvalue weighted by Crippen LogP contribution is 2.18. The zero-order valence-electron chi connectivity index (χ0n) is 15.1. The van der Waals surface area contributed by atoms with Crippen molar-refractivity contribution in [1.29, 1.82) is 0 Å². The topological polar surface area (TPSA) is 61.4 Å². The molecular formula is C21H25N3O2. The van der Waals surface area contributed by atoms with Gasteiger partial charge < -0.3 is 10.6 Å². The summed E-state index contributed by atoms with van der Waals surface area (Å²) >= 11 is 0. The van der Waals surface area contributed by atoms with Gasteiger partial charge in [0.25, 0.3) is 0 Å². The molecule has 2 amide bonds. The molecule has 1 aliphatic heterocycles. The Morgan fingerprint density at radius 2 is 1.73 bits per heavy atom. The van der Waals surface area contributed by atoms with Crippen LogP contribution in [0.1, 0.15) is 23.1 Å². The number of nitrogens with one attached hydrogen (secondary N) is 2. The van der Waals surface area contributed by atoms with Gasteiger partial charge in [-0.3, -0.25) is 14.5 Å². The molecule has 0 aromatic heterocycles. The number of amides is 2. The Labute approximate surface area is 154 Å². The summed E-state index contributed by atoms with van der Waals surface area (Å²) in [6.07, 6.45) is 1.90. The second-order valence-corrected chi connectivity index (χ2v) is 6.67. The van der Waals surface area contributed by atoms with E-state index in [1.807, 2.05) is 25.1 Å². The summed E-state index contributed by atoms with van der Waals surface area (Å²) in [7, 11) is 0. The molecule has 2 N–H and O–H groups in total. The molecule has 0 unspecified atom stereocenters. The maximum absolute atomic E-state index is 12.0. The van der Waals surface area contributed by atoms with Crippen LogP contribution in [0.25, 0.3) is 0 Å². The van der Waals surface area contributed by atoms with Gasteiger partial charge in [-0.05, 0) is 42.5 Å². The lowest BCUT2D eigenvalue weighted by Gasteiger charge is -2.28. The van der Waals surface area contributed by atoms with E-state index < -0.39 is 11.8 Å². The normalized spacial score (nSPS) is 13.7. The fourth-order valence-electron chi connectivity index (χ4n) is 3.22. The molecule has 0 saturated heterocycles. The number of benzene rings is 2. The van der Waals surface area contributed by atoms with Crippen LogP contribution in [0.15, 0.2) is 48.5 Å². The summed E-state index contributed by atoms with van der Waals surface area (Å²) < 4.78 is 0. The summed E-state index contributed by atoms with van der Waals surface area (Å²) in [5.41, 5.74) is 4.42. The Balaban J connectivity index is 1.38. The molecule has 0 saturated carbocycles. The summed E-state index contributed by atoms with van der Waals surface area (Å²) in [6.45, 7) is 5.30. The minimum absolute atomic E-state index is 0.498. The minimum Gasteiger partial charge on any atom is -0.348 e. The molecule has 1 aliphatic rings. The van der Waals surface area contributed by atoms with Gasteiger partial charge in [0.05, 0.1) is 0 Å². The molecule has 26 heavy (non-hydrogen) atoms. The predicted molar refractivity (Wildman–Crippen MR) is 103 cm³/mol. The van der Waals surface area contributed by atoms with Crippen molar-refractivity contribution in [2.45, 2.75) is 26.3 Å². The molecule has 0 aliphatic carbocycles. The van der Waals surface area contributed by atoms with E-state index in [0.717, 1.165) is 38.0 Å². The third kappa shape index (κ3) is 4.70. The van der Waals surface area contributed by atoms with Crippen molar-refractivity contribution in [3.05, 3.63) is 65.2 Å². The second-order valence-electron chi connectivity index (χ2n) is 6.67. The van der Waals surface area contributed by atoms with E-state index >= 15 is 0 Å². The first-order valence-electron chi connectivity index (χ1n) is 9.07. The molecule has 5 nitrogen and oxygen atoms in total. The number of carbonyl (C=O) groups is 2. The van der Waals surface area contributed by atoms with Crippen molar-refractivity contribution in [1.82, 2.24) is 10.2 Å². The van der Waals surface area contributed by atoms with E-state index in [-0.39, 0.29) is 0 Å². The standard InChI is InChI=1S/C21H25N3O2/c1-16-7-2-5-10-19(16)23-21(26)20(25)22-12-6-13-24-14-11-17-8-3-4-9-18(17)15-24/h2-5,7-10H,6,11-15H2,1H3,(H,22,25)(H,23,26). The first-order chi connectivity index (χ1) is 12.6. The van der Waals surface area contributed by atoms with Gasteiger partial charge in [-0.1, -0.05) is 42.5 Å². The van der Waals surface area contributed by atoms with Gasteiger partial charge in [-0.25, -0.2) is 0 Å². The van der Waals surface area contributed by atoms with Crippen LogP contribution < -0.4 is 10.6 Å². The highest BCUT2D eigenvalue weighted by Gasteiger charge is 2.16.